The van der Waals surface area contributed by atoms with E-state index < -0.39 is 0 Å². The highest BCUT2D eigenvalue weighted by molar-refractivity contribution is 5.75. The third-order valence-corrected chi connectivity index (χ3v) is 6.27. The molecule has 2 atom stereocenters. The predicted octanol–water partition coefficient (Wildman–Crippen LogP) is 1.85. The first-order chi connectivity index (χ1) is 12.2. The summed E-state index contributed by atoms with van der Waals surface area (Å²) in [7, 11) is 0. The zero-order valence-corrected chi connectivity index (χ0v) is 14.9. The number of aromatic nitrogens is 1. The number of piperazine rings is 1. The van der Waals surface area contributed by atoms with E-state index in [-0.39, 0.29) is 11.4 Å². The second-order valence-corrected chi connectivity index (χ2v) is 7.52. The molecule has 3 aliphatic rings. The molecule has 2 aliphatic carbocycles. The van der Waals surface area contributed by atoms with Gasteiger partial charge in [-0.05, 0) is 26.2 Å². The molecule has 4 rings (SSSR count). The summed E-state index contributed by atoms with van der Waals surface area (Å²) >= 11 is 0. The van der Waals surface area contributed by atoms with Crippen LogP contribution in [0.25, 0.3) is 0 Å². The normalized spacial score (nSPS) is 28.4. The molecule has 0 unspecified atom stereocenters. The van der Waals surface area contributed by atoms with Crippen LogP contribution in [-0.4, -0.2) is 65.9 Å². The second kappa shape index (κ2) is 6.96. The molecule has 0 aromatic carbocycles. The van der Waals surface area contributed by atoms with Gasteiger partial charge in [0.15, 0.2) is 0 Å². The van der Waals surface area contributed by atoms with Crippen molar-refractivity contribution in [2.45, 2.75) is 51.3 Å². The molecule has 2 amide bonds. The fraction of sp³-hybridized carbons (Fsp3) is 0.778. The van der Waals surface area contributed by atoms with E-state index in [9.17, 15) is 4.79 Å². The molecule has 1 aromatic rings. The number of carbonyl (C=O) groups excluding carboxylic acids is 1. The fourth-order valence-corrected chi connectivity index (χ4v) is 4.54. The van der Waals surface area contributed by atoms with E-state index in [4.69, 9.17) is 9.26 Å². The minimum absolute atomic E-state index is 0.0901. The van der Waals surface area contributed by atoms with E-state index in [0.29, 0.717) is 12.1 Å². The Balaban J connectivity index is 1.24. The van der Waals surface area contributed by atoms with Crippen LogP contribution in [0, 0.1) is 5.41 Å². The Morgan fingerprint density at radius 1 is 1.40 bits per heavy atom. The van der Waals surface area contributed by atoms with Crippen LogP contribution >= 0.6 is 0 Å². The number of amides is 2. The van der Waals surface area contributed by atoms with E-state index in [1.807, 2.05) is 11.0 Å². The Morgan fingerprint density at radius 3 is 2.80 bits per heavy atom. The summed E-state index contributed by atoms with van der Waals surface area (Å²) < 4.78 is 10.7. The van der Waals surface area contributed by atoms with Crippen LogP contribution in [-0.2, 0) is 11.3 Å². The summed E-state index contributed by atoms with van der Waals surface area (Å²) in [6, 6.07) is 2.27. The van der Waals surface area contributed by atoms with Crippen LogP contribution in [0.4, 0.5) is 4.79 Å². The third-order valence-electron chi connectivity index (χ3n) is 6.27. The van der Waals surface area contributed by atoms with Crippen LogP contribution in [0.2, 0.25) is 0 Å². The molecule has 2 saturated carbocycles. The number of ether oxygens (including phenoxy) is 1. The third kappa shape index (κ3) is 3.15. The summed E-state index contributed by atoms with van der Waals surface area (Å²) in [6.45, 7) is 6.87. The standard InChI is InChI=1S/C18H28N4O3/c1-2-24-16-12-15(18(16)5-3-6-18)19-17(23)22-9-7-21(8-10-22)13-14-4-11-25-20-14/h4,11,15-16H,2-3,5-10,12-13H2,1H3,(H,19,23)/t15-,16-/m0/s1. The van der Waals surface area contributed by atoms with Crippen LogP contribution < -0.4 is 5.32 Å². The molecule has 1 saturated heterocycles. The van der Waals surface area contributed by atoms with Crippen molar-refractivity contribution in [3.63, 3.8) is 0 Å². The minimum atomic E-state index is 0.0901. The van der Waals surface area contributed by atoms with Crippen LogP contribution in [0.1, 0.15) is 38.3 Å². The molecule has 7 heteroatoms. The van der Waals surface area contributed by atoms with Crippen molar-refractivity contribution in [1.82, 2.24) is 20.3 Å². The molecule has 1 aliphatic heterocycles. The summed E-state index contributed by atoms with van der Waals surface area (Å²) in [4.78, 5) is 16.9. The maximum absolute atomic E-state index is 12.6. The number of nitrogens with one attached hydrogen (secondary N) is 1. The van der Waals surface area contributed by atoms with Gasteiger partial charge in [0.1, 0.15) is 6.26 Å². The molecule has 1 aromatic heterocycles. The smallest absolute Gasteiger partial charge is 0.317 e. The molecule has 25 heavy (non-hydrogen) atoms. The van der Waals surface area contributed by atoms with Crippen molar-refractivity contribution >= 4 is 6.03 Å². The lowest BCUT2D eigenvalue weighted by molar-refractivity contribution is -0.170. The van der Waals surface area contributed by atoms with E-state index in [0.717, 1.165) is 51.4 Å². The SMILES string of the molecule is CCO[C@H]1C[C@H](NC(=O)N2CCN(Cc3ccon3)CC2)C12CCC2. The Bertz CT molecular complexity index is 579. The van der Waals surface area contributed by atoms with Gasteiger partial charge in [-0.3, -0.25) is 4.90 Å². The first-order valence-corrected chi connectivity index (χ1v) is 9.50. The molecule has 7 nitrogen and oxygen atoms in total. The van der Waals surface area contributed by atoms with Gasteiger partial charge >= 0.3 is 6.03 Å². The number of rotatable bonds is 5. The first-order valence-electron chi connectivity index (χ1n) is 9.50. The van der Waals surface area contributed by atoms with Crippen molar-refractivity contribution in [2.24, 2.45) is 5.41 Å². The first kappa shape index (κ1) is 16.8. The summed E-state index contributed by atoms with van der Waals surface area (Å²) in [5, 5.41) is 7.24. The Labute approximate surface area is 148 Å². The van der Waals surface area contributed by atoms with Gasteiger partial charge in [-0.1, -0.05) is 11.6 Å². The van der Waals surface area contributed by atoms with Gasteiger partial charge in [-0.15, -0.1) is 0 Å². The van der Waals surface area contributed by atoms with Gasteiger partial charge in [0.2, 0.25) is 0 Å². The summed E-state index contributed by atoms with van der Waals surface area (Å²) in [6.07, 6.45) is 6.55. The predicted molar refractivity (Wildman–Crippen MR) is 92.0 cm³/mol. The van der Waals surface area contributed by atoms with E-state index in [1.165, 1.54) is 19.3 Å². The lowest BCUT2D eigenvalue weighted by Crippen LogP contribution is -2.69. The molecular formula is C18H28N4O3. The summed E-state index contributed by atoms with van der Waals surface area (Å²) in [5.74, 6) is 0. The number of urea groups is 1. The summed E-state index contributed by atoms with van der Waals surface area (Å²) in [5.41, 5.74) is 1.17. The molecule has 0 bridgehead atoms. The zero-order valence-electron chi connectivity index (χ0n) is 14.9. The van der Waals surface area contributed by atoms with Crippen molar-refractivity contribution in [3.8, 4) is 0 Å². The van der Waals surface area contributed by atoms with E-state index in [1.54, 1.807) is 6.26 Å². The van der Waals surface area contributed by atoms with Crippen LogP contribution in [0.15, 0.2) is 16.9 Å². The number of carbonyl (C=O) groups is 1. The average Bonchev–Trinajstić information content (AvgIpc) is 3.06. The number of nitrogens with zero attached hydrogens (tertiary/aromatic N) is 3. The monoisotopic (exact) mass is 348 g/mol. The lowest BCUT2D eigenvalue weighted by Gasteiger charge is -2.61. The quantitative estimate of drug-likeness (QED) is 0.879. The molecule has 1 N–H and O–H groups in total. The van der Waals surface area contributed by atoms with E-state index >= 15 is 0 Å². The minimum Gasteiger partial charge on any atom is -0.378 e. The highest BCUT2D eigenvalue weighted by Gasteiger charge is 2.59. The van der Waals surface area contributed by atoms with Crippen molar-refractivity contribution in [3.05, 3.63) is 18.0 Å². The van der Waals surface area contributed by atoms with Crippen molar-refractivity contribution < 1.29 is 14.1 Å². The number of hydrogen-bond donors (Lipinski definition) is 1. The largest absolute Gasteiger partial charge is 0.378 e. The van der Waals surface area contributed by atoms with Gasteiger partial charge < -0.3 is 19.5 Å². The lowest BCUT2D eigenvalue weighted by atomic mass is 9.51. The number of hydrogen-bond acceptors (Lipinski definition) is 5. The maximum Gasteiger partial charge on any atom is 0.317 e. The van der Waals surface area contributed by atoms with Gasteiger partial charge in [-0.25, -0.2) is 4.79 Å². The van der Waals surface area contributed by atoms with Gasteiger partial charge in [0, 0.05) is 56.9 Å². The molecule has 2 heterocycles. The Kier molecular flexibility index (Phi) is 4.69. The highest BCUT2D eigenvalue weighted by Crippen LogP contribution is 2.57. The van der Waals surface area contributed by atoms with Gasteiger partial charge in [-0.2, -0.15) is 0 Å². The molecule has 1 spiro atoms. The molecule has 138 valence electrons. The average molecular weight is 348 g/mol. The van der Waals surface area contributed by atoms with Gasteiger partial charge in [0.25, 0.3) is 0 Å². The Morgan fingerprint density at radius 2 is 2.20 bits per heavy atom. The van der Waals surface area contributed by atoms with Crippen LogP contribution in [0.5, 0.6) is 0 Å². The maximum atomic E-state index is 12.6. The van der Waals surface area contributed by atoms with Crippen molar-refractivity contribution in [1.29, 1.82) is 0 Å². The Hall–Kier alpha value is -1.60. The topological polar surface area (TPSA) is 70.8 Å². The zero-order chi connectivity index (χ0) is 17.3. The molecule has 3 fully saturated rings. The molecular weight excluding hydrogens is 320 g/mol. The molecule has 0 radical (unpaired) electrons. The fourth-order valence-electron chi connectivity index (χ4n) is 4.54. The van der Waals surface area contributed by atoms with Crippen molar-refractivity contribution in [2.75, 3.05) is 32.8 Å². The highest BCUT2D eigenvalue weighted by atomic mass is 16.5. The van der Waals surface area contributed by atoms with E-state index in [2.05, 4.69) is 22.3 Å². The van der Waals surface area contributed by atoms with Gasteiger partial charge in [0.05, 0.1) is 11.8 Å². The second-order valence-electron chi connectivity index (χ2n) is 7.52. The van der Waals surface area contributed by atoms with Crippen LogP contribution in [0.3, 0.4) is 0 Å².